The van der Waals surface area contributed by atoms with Gasteiger partial charge >= 0.3 is 6.16 Å². The topological polar surface area (TPSA) is 35.5 Å². The zero-order chi connectivity index (χ0) is 24.9. The van der Waals surface area contributed by atoms with Gasteiger partial charge in [-0.3, -0.25) is 0 Å². The van der Waals surface area contributed by atoms with Gasteiger partial charge in [-0.2, -0.15) is 0 Å². The molecule has 0 heterocycles. The van der Waals surface area contributed by atoms with Crippen molar-refractivity contribution >= 4 is 6.16 Å². The van der Waals surface area contributed by atoms with Crippen LogP contribution in [0.5, 0.6) is 0 Å². The summed E-state index contributed by atoms with van der Waals surface area (Å²) in [7, 11) is 1.42. The van der Waals surface area contributed by atoms with E-state index in [1.165, 1.54) is 103 Å². The molecule has 0 bridgehead atoms. The SMILES string of the molecule is CCCCCCCc1ccc(C2CCC(C3CCC(CCCCC)(OC(=O)OC)CC3)CC2)cc1. The highest BCUT2D eigenvalue weighted by Gasteiger charge is 2.41. The maximum Gasteiger partial charge on any atom is 0.508 e. The molecule has 2 aliphatic carbocycles. The Morgan fingerprint density at radius 1 is 0.800 bits per heavy atom. The number of rotatable bonds is 13. The molecule has 2 saturated carbocycles. The van der Waals surface area contributed by atoms with Crippen molar-refractivity contribution in [3.8, 4) is 0 Å². The van der Waals surface area contributed by atoms with Gasteiger partial charge in [0.25, 0.3) is 0 Å². The number of benzene rings is 1. The third-order valence-corrected chi connectivity index (χ3v) is 9.10. The molecule has 0 saturated heterocycles. The zero-order valence-electron chi connectivity index (χ0n) is 23.0. The number of carbonyl (C=O) groups excluding carboxylic acids is 1. The van der Waals surface area contributed by atoms with E-state index in [-0.39, 0.29) is 5.60 Å². The molecule has 3 rings (SSSR count). The van der Waals surface area contributed by atoms with Crippen molar-refractivity contribution in [1.29, 1.82) is 0 Å². The van der Waals surface area contributed by atoms with Crippen molar-refractivity contribution in [2.75, 3.05) is 7.11 Å². The van der Waals surface area contributed by atoms with E-state index >= 15 is 0 Å². The maximum atomic E-state index is 11.9. The number of methoxy groups -OCH3 is 1. The first kappa shape index (κ1) is 28.1. The number of hydrogen-bond acceptors (Lipinski definition) is 3. The van der Waals surface area contributed by atoms with E-state index in [0.717, 1.165) is 43.4 Å². The van der Waals surface area contributed by atoms with Gasteiger partial charge in [-0.25, -0.2) is 4.79 Å². The van der Waals surface area contributed by atoms with Gasteiger partial charge in [0.15, 0.2) is 0 Å². The van der Waals surface area contributed by atoms with Crippen molar-refractivity contribution < 1.29 is 14.3 Å². The summed E-state index contributed by atoms with van der Waals surface area (Å²) in [4.78, 5) is 11.9. The van der Waals surface area contributed by atoms with Crippen LogP contribution in [0, 0.1) is 11.8 Å². The summed E-state index contributed by atoms with van der Waals surface area (Å²) in [5.41, 5.74) is 2.79. The Balaban J connectivity index is 1.43. The maximum absolute atomic E-state index is 11.9. The predicted octanol–water partition coefficient (Wildman–Crippen LogP) is 9.77. The number of ether oxygens (including phenoxy) is 2. The molecule has 2 fully saturated rings. The van der Waals surface area contributed by atoms with Crippen molar-refractivity contribution in [2.24, 2.45) is 11.8 Å². The van der Waals surface area contributed by atoms with Crippen molar-refractivity contribution in [1.82, 2.24) is 0 Å². The molecule has 0 atom stereocenters. The van der Waals surface area contributed by atoms with E-state index in [1.54, 1.807) is 5.56 Å². The van der Waals surface area contributed by atoms with Crippen LogP contribution in [0.25, 0.3) is 0 Å². The Morgan fingerprint density at radius 3 is 2.03 bits per heavy atom. The van der Waals surface area contributed by atoms with Crippen molar-refractivity contribution in [2.45, 2.75) is 141 Å². The van der Waals surface area contributed by atoms with Crippen LogP contribution in [0.4, 0.5) is 4.79 Å². The minimum Gasteiger partial charge on any atom is -0.438 e. The second kappa shape index (κ2) is 14.9. The lowest BCUT2D eigenvalue weighted by atomic mass is 9.66. The minimum atomic E-state index is -0.497. The van der Waals surface area contributed by atoms with Crippen LogP contribution in [0.15, 0.2) is 24.3 Å². The van der Waals surface area contributed by atoms with E-state index in [1.807, 2.05) is 0 Å². The van der Waals surface area contributed by atoms with Gasteiger partial charge in [-0.05, 0) is 106 Å². The van der Waals surface area contributed by atoms with E-state index in [4.69, 9.17) is 9.47 Å². The van der Waals surface area contributed by atoms with E-state index in [2.05, 4.69) is 38.1 Å². The minimum absolute atomic E-state index is 0.284. The molecule has 0 aliphatic heterocycles. The Morgan fingerprint density at radius 2 is 1.40 bits per heavy atom. The van der Waals surface area contributed by atoms with Gasteiger partial charge < -0.3 is 9.47 Å². The molecule has 3 heteroatoms. The summed E-state index contributed by atoms with van der Waals surface area (Å²) in [5.74, 6) is 2.39. The quantitative estimate of drug-likeness (QED) is 0.206. The van der Waals surface area contributed by atoms with Crippen LogP contribution >= 0.6 is 0 Å². The smallest absolute Gasteiger partial charge is 0.438 e. The largest absolute Gasteiger partial charge is 0.508 e. The first-order valence-electron chi connectivity index (χ1n) is 14.9. The van der Waals surface area contributed by atoms with E-state index in [0.29, 0.717) is 0 Å². The zero-order valence-corrected chi connectivity index (χ0v) is 23.0. The highest BCUT2D eigenvalue weighted by molar-refractivity contribution is 5.60. The van der Waals surface area contributed by atoms with Gasteiger partial charge in [0, 0.05) is 0 Å². The summed E-state index contributed by atoms with van der Waals surface area (Å²) < 4.78 is 10.7. The molecule has 198 valence electrons. The summed E-state index contributed by atoms with van der Waals surface area (Å²) in [5, 5.41) is 0. The van der Waals surface area contributed by atoms with Crippen molar-refractivity contribution in [3.63, 3.8) is 0 Å². The summed E-state index contributed by atoms with van der Waals surface area (Å²) >= 11 is 0. The molecule has 1 aromatic carbocycles. The fourth-order valence-electron chi connectivity index (χ4n) is 6.77. The molecular formula is C32H52O3. The molecule has 35 heavy (non-hydrogen) atoms. The lowest BCUT2D eigenvalue weighted by Crippen LogP contribution is -2.40. The first-order valence-corrected chi connectivity index (χ1v) is 14.9. The molecule has 0 amide bonds. The standard InChI is InChI=1S/C32H52O3/c1-4-6-8-9-10-12-26-13-15-27(16-14-26)28-17-19-29(20-18-28)30-21-24-32(25-22-30,23-11-7-5-2)35-31(33)34-3/h13-16,28-30H,4-12,17-25H2,1-3H3. The lowest BCUT2D eigenvalue weighted by Gasteiger charge is -2.43. The molecule has 1 aromatic rings. The van der Waals surface area contributed by atoms with Gasteiger partial charge in [0.1, 0.15) is 5.60 Å². The average molecular weight is 485 g/mol. The van der Waals surface area contributed by atoms with E-state index in [9.17, 15) is 4.79 Å². The normalized spacial score (nSPS) is 26.9. The highest BCUT2D eigenvalue weighted by Crippen LogP contribution is 2.47. The Kier molecular flexibility index (Phi) is 12.0. The van der Waals surface area contributed by atoms with Gasteiger partial charge in [-0.1, -0.05) is 76.6 Å². The second-order valence-corrected chi connectivity index (χ2v) is 11.6. The summed E-state index contributed by atoms with van der Waals surface area (Å²) in [6.07, 6.45) is 21.9. The monoisotopic (exact) mass is 484 g/mol. The average Bonchev–Trinajstić information content (AvgIpc) is 2.90. The Labute approximate surface area is 215 Å². The highest BCUT2D eigenvalue weighted by atomic mass is 16.7. The summed E-state index contributed by atoms with van der Waals surface area (Å²) in [6.45, 7) is 4.51. The molecule has 0 radical (unpaired) electrons. The molecule has 0 N–H and O–H groups in total. The molecule has 0 spiro atoms. The molecular weight excluding hydrogens is 432 g/mol. The van der Waals surface area contributed by atoms with Crippen LogP contribution < -0.4 is 0 Å². The number of carbonyl (C=O) groups is 1. The van der Waals surface area contributed by atoms with Crippen LogP contribution in [-0.2, 0) is 15.9 Å². The molecule has 0 aromatic heterocycles. The predicted molar refractivity (Wildman–Crippen MR) is 146 cm³/mol. The summed E-state index contributed by atoms with van der Waals surface area (Å²) in [6, 6.07) is 9.62. The van der Waals surface area contributed by atoms with Gasteiger partial charge in [0.2, 0.25) is 0 Å². The van der Waals surface area contributed by atoms with Crippen LogP contribution in [0.2, 0.25) is 0 Å². The molecule has 3 nitrogen and oxygen atoms in total. The fourth-order valence-corrected chi connectivity index (χ4v) is 6.77. The number of unbranched alkanes of at least 4 members (excludes halogenated alkanes) is 6. The number of aryl methyl sites for hydroxylation is 1. The third-order valence-electron chi connectivity index (χ3n) is 9.10. The lowest BCUT2D eigenvalue weighted by molar-refractivity contribution is -0.0674. The van der Waals surface area contributed by atoms with Crippen LogP contribution in [0.1, 0.15) is 140 Å². The van der Waals surface area contributed by atoms with E-state index < -0.39 is 6.16 Å². The first-order chi connectivity index (χ1) is 17.1. The fraction of sp³-hybridized carbons (Fsp3) is 0.781. The molecule has 0 unspecified atom stereocenters. The van der Waals surface area contributed by atoms with Crippen LogP contribution in [-0.4, -0.2) is 18.9 Å². The van der Waals surface area contributed by atoms with Crippen LogP contribution in [0.3, 0.4) is 0 Å². The second-order valence-electron chi connectivity index (χ2n) is 11.6. The number of hydrogen-bond donors (Lipinski definition) is 0. The van der Waals surface area contributed by atoms with Gasteiger partial charge in [0.05, 0.1) is 7.11 Å². The molecule has 2 aliphatic rings. The van der Waals surface area contributed by atoms with Crippen molar-refractivity contribution in [3.05, 3.63) is 35.4 Å². The van der Waals surface area contributed by atoms with Gasteiger partial charge in [-0.15, -0.1) is 0 Å². The third kappa shape index (κ3) is 8.83. The Hall–Kier alpha value is -1.51. The Bertz CT molecular complexity index is 709.